The highest BCUT2D eigenvalue weighted by Gasteiger charge is 2.31. The van der Waals surface area contributed by atoms with Crippen LogP contribution >= 0.6 is 0 Å². The fourth-order valence-electron chi connectivity index (χ4n) is 4.19. The Morgan fingerprint density at radius 1 is 0.952 bits per heavy atom. The number of nitrogens with zero attached hydrogens (tertiary/aromatic N) is 4. The quantitative estimate of drug-likeness (QED) is 0.205. The van der Waals surface area contributed by atoms with Crippen LogP contribution in [0.15, 0.2) is 73.1 Å². The summed E-state index contributed by atoms with van der Waals surface area (Å²) in [5.74, 6) is -1.44. The van der Waals surface area contributed by atoms with E-state index in [1.165, 1.54) is 18.2 Å². The molecule has 0 saturated heterocycles. The smallest absolute Gasteiger partial charge is 0.416 e. The Kier molecular flexibility index (Phi) is 9.41. The number of rotatable bonds is 10. The maximum atomic E-state index is 14.9. The summed E-state index contributed by atoms with van der Waals surface area (Å²) in [6.07, 6.45) is -0.669. The molecule has 0 aliphatic rings. The number of nitrogens with one attached hydrogen (secondary N) is 1. The van der Waals surface area contributed by atoms with Gasteiger partial charge in [-0.15, -0.1) is 0 Å². The van der Waals surface area contributed by atoms with Gasteiger partial charge < -0.3 is 19.9 Å². The number of anilines is 2. The highest BCUT2D eigenvalue weighted by atomic mass is 19.4. The van der Waals surface area contributed by atoms with E-state index >= 15 is 0 Å². The topological polar surface area (TPSA) is 70.6 Å². The molecule has 4 rings (SSSR count). The maximum Gasteiger partial charge on any atom is 0.416 e. The number of carbonyl (C=O) groups is 1. The van der Waals surface area contributed by atoms with Crippen LogP contribution in [-0.2, 0) is 12.6 Å². The van der Waals surface area contributed by atoms with Crippen molar-refractivity contribution in [3.8, 4) is 22.8 Å². The maximum absolute atomic E-state index is 14.9. The average Bonchev–Trinajstić information content (AvgIpc) is 2.96. The molecule has 7 nitrogen and oxygen atoms in total. The van der Waals surface area contributed by atoms with E-state index in [1.807, 2.05) is 44.1 Å². The zero-order valence-corrected chi connectivity index (χ0v) is 23.7. The first kappa shape index (κ1) is 30.4. The second-order valence-electron chi connectivity index (χ2n) is 9.90. The van der Waals surface area contributed by atoms with Crippen LogP contribution in [-0.4, -0.2) is 55.0 Å². The molecule has 0 fully saturated rings. The van der Waals surface area contributed by atoms with Gasteiger partial charge in [0.15, 0.2) is 0 Å². The third kappa shape index (κ3) is 7.41. The fraction of sp³-hybridized carbons (Fsp3) is 0.258. The highest BCUT2D eigenvalue weighted by Crippen LogP contribution is 2.36. The monoisotopic (exact) mass is 581 g/mol. The predicted octanol–water partition coefficient (Wildman–Crippen LogP) is 6.91. The first-order valence-electron chi connectivity index (χ1n) is 13.2. The highest BCUT2D eigenvalue weighted by molar-refractivity contribution is 6.06. The van der Waals surface area contributed by atoms with Gasteiger partial charge in [-0.05, 0) is 86.7 Å². The molecular formula is C31H31F4N5O2. The molecule has 0 unspecified atom stereocenters. The van der Waals surface area contributed by atoms with Crippen LogP contribution in [0.4, 0.5) is 28.9 Å². The lowest BCUT2D eigenvalue weighted by atomic mass is 10.1. The van der Waals surface area contributed by atoms with E-state index in [9.17, 15) is 22.4 Å². The van der Waals surface area contributed by atoms with E-state index < -0.39 is 29.0 Å². The molecule has 42 heavy (non-hydrogen) atoms. The molecule has 2 aromatic heterocycles. The van der Waals surface area contributed by atoms with Gasteiger partial charge in [-0.1, -0.05) is 6.92 Å². The van der Waals surface area contributed by atoms with Crippen molar-refractivity contribution in [3.63, 3.8) is 0 Å². The normalized spacial score (nSPS) is 11.5. The minimum absolute atomic E-state index is 0.0989. The SMILES string of the molecule is CCc1cc(-c2cccnc2Oc2ccc(F)c(C(=O)Nc3cc(C(F)(F)F)ccc3N(C)CCN(C)C)c2)ccn1. The largest absolute Gasteiger partial charge is 0.438 e. The zero-order chi connectivity index (χ0) is 30.4. The molecule has 220 valence electrons. The van der Waals surface area contributed by atoms with Crippen molar-refractivity contribution >= 4 is 17.3 Å². The number of hydrogen-bond donors (Lipinski definition) is 1. The van der Waals surface area contributed by atoms with Gasteiger partial charge in [-0.3, -0.25) is 9.78 Å². The molecule has 0 radical (unpaired) electrons. The summed E-state index contributed by atoms with van der Waals surface area (Å²) in [6, 6.07) is 14.0. The van der Waals surface area contributed by atoms with Crippen LogP contribution in [0.25, 0.3) is 11.1 Å². The standard InChI is InChI=1S/C31H31F4N5O2/c1-5-22-17-20(12-14-36-22)24-7-6-13-37-30(24)42-23-9-10-26(32)25(19-23)29(41)38-27-18-21(31(33,34)35)8-11-28(27)40(4)16-15-39(2)3/h6-14,17-19H,5,15-16H2,1-4H3,(H,38,41). The number of aromatic nitrogens is 2. The number of alkyl halides is 3. The van der Waals surface area contributed by atoms with Crippen molar-refractivity contribution in [1.29, 1.82) is 0 Å². The number of hydrogen-bond acceptors (Lipinski definition) is 6. The number of aryl methyl sites for hydroxylation is 1. The zero-order valence-electron chi connectivity index (χ0n) is 23.7. The van der Waals surface area contributed by atoms with Crippen LogP contribution in [0.3, 0.4) is 0 Å². The molecular weight excluding hydrogens is 550 g/mol. The number of amides is 1. The number of ether oxygens (including phenoxy) is 1. The second kappa shape index (κ2) is 13.0. The molecule has 4 aromatic rings. The summed E-state index contributed by atoms with van der Waals surface area (Å²) >= 11 is 0. The fourth-order valence-corrected chi connectivity index (χ4v) is 4.19. The van der Waals surface area contributed by atoms with Crippen LogP contribution in [0, 0.1) is 5.82 Å². The summed E-state index contributed by atoms with van der Waals surface area (Å²) in [5.41, 5.74) is 1.28. The molecule has 0 saturated carbocycles. The lowest BCUT2D eigenvalue weighted by Crippen LogP contribution is -2.29. The van der Waals surface area contributed by atoms with Gasteiger partial charge in [-0.2, -0.15) is 13.2 Å². The first-order valence-corrected chi connectivity index (χ1v) is 13.2. The van der Waals surface area contributed by atoms with Gasteiger partial charge in [0.25, 0.3) is 5.91 Å². The molecule has 2 aromatic carbocycles. The second-order valence-corrected chi connectivity index (χ2v) is 9.90. The Bertz CT molecular complexity index is 1560. The van der Waals surface area contributed by atoms with Gasteiger partial charge in [0.1, 0.15) is 11.6 Å². The number of likely N-dealkylation sites (N-methyl/N-ethyl adjacent to an activating group) is 2. The lowest BCUT2D eigenvalue weighted by Gasteiger charge is -2.25. The van der Waals surface area contributed by atoms with Crippen LogP contribution in [0.2, 0.25) is 0 Å². The summed E-state index contributed by atoms with van der Waals surface area (Å²) in [7, 11) is 5.44. The predicted molar refractivity (Wildman–Crippen MR) is 155 cm³/mol. The summed E-state index contributed by atoms with van der Waals surface area (Å²) in [6.45, 7) is 3.08. The Labute approximate surface area is 241 Å². The summed E-state index contributed by atoms with van der Waals surface area (Å²) < 4.78 is 61.4. The molecule has 0 atom stereocenters. The van der Waals surface area contributed by atoms with Crippen molar-refractivity contribution in [2.75, 3.05) is 44.4 Å². The van der Waals surface area contributed by atoms with E-state index in [0.717, 1.165) is 35.9 Å². The van der Waals surface area contributed by atoms with E-state index in [4.69, 9.17) is 4.74 Å². The van der Waals surface area contributed by atoms with Gasteiger partial charge in [0.05, 0.1) is 22.5 Å². The van der Waals surface area contributed by atoms with Crippen molar-refractivity contribution < 1.29 is 27.1 Å². The third-order valence-electron chi connectivity index (χ3n) is 6.52. The Morgan fingerprint density at radius 2 is 1.74 bits per heavy atom. The molecule has 0 aliphatic heterocycles. The molecule has 0 aliphatic carbocycles. The van der Waals surface area contributed by atoms with Gasteiger partial charge in [0, 0.05) is 43.8 Å². The van der Waals surface area contributed by atoms with Gasteiger partial charge in [-0.25, -0.2) is 9.37 Å². The van der Waals surface area contributed by atoms with Gasteiger partial charge >= 0.3 is 6.18 Å². The minimum Gasteiger partial charge on any atom is -0.438 e. The Hall–Kier alpha value is -4.51. The number of halogens is 4. The van der Waals surface area contributed by atoms with Crippen molar-refractivity contribution in [2.24, 2.45) is 0 Å². The number of benzene rings is 2. The molecule has 11 heteroatoms. The molecule has 0 spiro atoms. The van der Waals surface area contributed by atoms with E-state index in [-0.39, 0.29) is 17.3 Å². The third-order valence-corrected chi connectivity index (χ3v) is 6.52. The van der Waals surface area contributed by atoms with Crippen molar-refractivity contribution in [3.05, 3.63) is 95.7 Å². The number of carbonyl (C=O) groups excluding carboxylic acids is 1. The number of pyridine rings is 2. The molecule has 1 amide bonds. The first-order chi connectivity index (χ1) is 20.0. The van der Waals surface area contributed by atoms with E-state index in [2.05, 4.69) is 15.3 Å². The van der Waals surface area contributed by atoms with Crippen LogP contribution in [0.1, 0.15) is 28.5 Å². The minimum atomic E-state index is -4.63. The van der Waals surface area contributed by atoms with Crippen molar-refractivity contribution in [1.82, 2.24) is 14.9 Å². The molecule has 1 N–H and O–H groups in total. The lowest BCUT2D eigenvalue weighted by molar-refractivity contribution is -0.137. The van der Waals surface area contributed by atoms with Gasteiger partial charge in [0.2, 0.25) is 5.88 Å². The molecule has 2 heterocycles. The average molecular weight is 582 g/mol. The van der Waals surface area contributed by atoms with Crippen LogP contribution in [0.5, 0.6) is 11.6 Å². The Morgan fingerprint density at radius 3 is 2.45 bits per heavy atom. The Balaban J connectivity index is 1.64. The summed E-state index contributed by atoms with van der Waals surface area (Å²) in [4.78, 5) is 25.5. The van der Waals surface area contributed by atoms with Crippen LogP contribution < -0.4 is 15.0 Å². The van der Waals surface area contributed by atoms with E-state index in [0.29, 0.717) is 24.3 Å². The summed E-state index contributed by atoms with van der Waals surface area (Å²) in [5, 5.41) is 2.48. The van der Waals surface area contributed by atoms with Crippen molar-refractivity contribution in [2.45, 2.75) is 19.5 Å². The van der Waals surface area contributed by atoms with E-state index in [1.54, 1.807) is 30.4 Å². The molecule has 0 bridgehead atoms.